The van der Waals surface area contributed by atoms with Gasteiger partial charge in [0.1, 0.15) is 5.75 Å². The van der Waals surface area contributed by atoms with Gasteiger partial charge in [0.15, 0.2) is 0 Å². The summed E-state index contributed by atoms with van der Waals surface area (Å²) in [6, 6.07) is 15.1. The molecular formula is C19H20N4O3. The average molecular weight is 352 g/mol. The Morgan fingerprint density at radius 1 is 1.15 bits per heavy atom. The molecule has 0 aliphatic heterocycles. The molecule has 0 atom stereocenters. The van der Waals surface area contributed by atoms with Crippen molar-refractivity contribution in [1.29, 1.82) is 0 Å². The normalized spacial score (nSPS) is 10.4. The summed E-state index contributed by atoms with van der Waals surface area (Å²) in [6.07, 6.45) is 0. The van der Waals surface area contributed by atoms with Gasteiger partial charge in [-0.25, -0.2) is 0 Å². The number of hydrogen-bond acceptors (Lipinski definition) is 6. The second-order valence-electron chi connectivity index (χ2n) is 5.86. The zero-order valence-electron chi connectivity index (χ0n) is 14.9. The van der Waals surface area contributed by atoms with E-state index in [2.05, 4.69) is 15.5 Å². The van der Waals surface area contributed by atoms with Crippen molar-refractivity contribution in [1.82, 2.24) is 15.5 Å². The molecule has 0 bridgehead atoms. The van der Waals surface area contributed by atoms with Gasteiger partial charge in [0.25, 0.3) is 0 Å². The highest BCUT2D eigenvalue weighted by Crippen LogP contribution is 2.20. The van der Waals surface area contributed by atoms with E-state index in [9.17, 15) is 4.79 Å². The van der Waals surface area contributed by atoms with Crippen molar-refractivity contribution in [2.45, 2.75) is 6.54 Å². The monoisotopic (exact) mass is 352 g/mol. The van der Waals surface area contributed by atoms with Crippen LogP contribution < -0.4 is 15.0 Å². The summed E-state index contributed by atoms with van der Waals surface area (Å²) in [5.41, 5.74) is 2.71. The molecular weight excluding hydrogens is 332 g/mol. The Balaban J connectivity index is 1.68. The average Bonchev–Trinajstić information content (AvgIpc) is 3.16. The minimum atomic E-state index is -0.431. The van der Waals surface area contributed by atoms with E-state index < -0.39 is 5.91 Å². The zero-order chi connectivity index (χ0) is 18.5. The Morgan fingerprint density at radius 2 is 1.88 bits per heavy atom. The van der Waals surface area contributed by atoms with Gasteiger partial charge in [-0.1, -0.05) is 23.4 Å². The Morgan fingerprint density at radius 3 is 2.58 bits per heavy atom. The highest BCUT2D eigenvalue weighted by Gasteiger charge is 2.16. The number of nitrogens with zero attached hydrogens (tertiary/aromatic N) is 3. The van der Waals surface area contributed by atoms with Crippen molar-refractivity contribution in [3.63, 3.8) is 0 Å². The van der Waals surface area contributed by atoms with Gasteiger partial charge in [-0.2, -0.15) is 4.98 Å². The van der Waals surface area contributed by atoms with Crippen molar-refractivity contribution in [2.75, 3.05) is 26.1 Å². The number of rotatable bonds is 6. The van der Waals surface area contributed by atoms with E-state index >= 15 is 0 Å². The van der Waals surface area contributed by atoms with Gasteiger partial charge in [0.05, 0.1) is 7.11 Å². The first-order valence-corrected chi connectivity index (χ1v) is 8.10. The molecule has 7 heteroatoms. The molecule has 1 amide bonds. The lowest BCUT2D eigenvalue weighted by atomic mass is 10.2. The summed E-state index contributed by atoms with van der Waals surface area (Å²) in [7, 11) is 5.52. The molecule has 26 heavy (non-hydrogen) atoms. The number of carbonyl (C=O) groups excluding carboxylic acids is 1. The zero-order valence-corrected chi connectivity index (χ0v) is 14.9. The predicted octanol–water partition coefficient (Wildman–Crippen LogP) is 2.74. The van der Waals surface area contributed by atoms with Crippen LogP contribution in [0.3, 0.4) is 0 Å². The summed E-state index contributed by atoms with van der Waals surface area (Å²) in [4.78, 5) is 18.4. The second-order valence-corrected chi connectivity index (χ2v) is 5.86. The van der Waals surface area contributed by atoms with Gasteiger partial charge in [-0.05, 0) is 30.3 Å². The number of aromatic nitrogens is 2. The van der Waals surface area contributed by atoms with Crippen molar-refractivity contribution in [2.24, 2.45) is 0 Å². The van der Waals surface area contributed by atoms with Crippen LogP contribution in [0.5, 0.6) is 5.75 Å². The molecule has 1 heterocycles. The molecule has 0 unspecified atom stereocenters. The molecule has 0 saturated carbocycles. The summed E-state index contributed by atoms with van der Waals surface area (Å²) in [6.45, 7) is 0.304. The molecule has 3 rings (SSSR count). The lowest BCUT2D eigenvalue weighted by Crippen LogP contribution is -2.23. The van der Waals surface area contributed by atoms with Crippen LogP contribution >= 0.6 is 0 Å². The van der Waals surface area contributed by atoms with Gasteiger partial charge in [0, 0.05) is 37.5 Å². The van der Waals surface area contributed by atoms with Crippen LogP contribution in [0, 0.1) is 0 Å². The van der Waals surface area contributed by atoms with Crippen LogP contribution in [0.25, 0.3) is 11.4 Å². The molecule has 0 fully saturated rings. The van der Waals surface area contributed by atoms with Crippen LogP contribution in [0.2, 0.25) is 0 Å². The minimum Gasteiger partial charge on any atom is -0.496 e. The number of methoxy groups -OCH3 is 1. The smallest absolute Gasteiger partial charge is 0.316 e. The number of hydrogen-bond donors (Lipinski definition) is 1. The number of carbonyl (C=O) groups is 1. The summed E-state index contributed by atoms with van der Waals surface area (Å²) < 4.78 is 10.4. The standard InChI is InChI=1S/C19H20N4O3/c1-23(2)15-10-8-13(9-11-15)17-21-19(26-22-17)18(24)20-12-14-6-4-5-7-16(14)25-3/h4-11H,12H2,1-3H3,(H,20,24). The number of para-hydroxylation sites is 1. The first-order valence-electron chi connectivity index (χ1n) is 8.10. The van der Waals surface area contributed by atoms with Crippen molar-refractivity contribution in [3.05, 3.63) is 60.0 Å². The van der Waals surface area contributed by atoms with Gasteiger partial charge < -0.3 is 19.5 Å². The molecule has 0 aliphatic carbocycles. The number of nitrogens with one attached hydrogen (secondary N) is 1. The van der Waals surface area contributed by atoms with Crippen LogP contribution in [0.4, 0.5) is 5.69 Å². The van der Waals surface area contributed by atoms with E-state index in [1.807, 2.05) is 67.5 Å². The SMILES string of the molecule is COc1ccccc1CNC(=O)c1nc(-c2ccc(N(C)C)cc2)no1. The van der Waals surface area contributed by atoms with E-state index in [4.69, 9.17) is 9.26 Å². The van der Waals surface area contributed by atoms with Crippen molar-refractivity contribution in [3.8, 4) is 17.1 Å². The largest absolute Gasteiger partial charge is 0.496 e. The van der Waals surface area contributed by atoms with E-state index in [-0.39, 0.29) is 5.89 Å². The summed E-state index contributed by atoms with van der Waals surface area (Å²) in [5.74, 6) is 0.573. The third-order valence-electron chi connectivity index (χ3n) is 3.89. The molecule has 7 nitrogen and oxygen atoms in total. The van der Waals surface area contributed by atoms with E-state index in [1.54, 1.807) is 7.11 Å². The summed E-state index contributed by atoms with van der Waals surface area (Å²) >= 11 is 0. The van der Waals surface area contributed by atoms with Gasteiger partial charge in [-0.15, -0.1) is 0 Å². The number of ether oxygens (including phenoxy) is 1. The molecule has 1 aromatic heterocycles. The maximum atomic E-state index is 12.3. The molecule has 2 aromatic carbocycles. The fourth-order valence-corrected chi connectivity index (χ4v) is 2.44. The van der Waals surface area contributed by atoms with Gasteiger partial charge >= 0.3 is 11.8 Å². The Bertz CT molecular complexity index is 888. The van der Waals surface area contributed by atoms with Gasteiger partial charge in [-0.3, -0.25) is 4.79 Å². The highest BCUT2D eigenvalue weighted by molar-refractivity contribution is 5.89. The first kappa shape index (κ1) is 17.5. The van der Waals surface area contributed by atoms with Crippen molar-refractivity contribution >= 4 is 11.6 Å². The molecule has 3 aromatic rings. The van der Waals surface area contributed by atoms with Crippen LogP contribution in [0.1, 0.15) is 16.2 Å². The molecule has 1 N–H and O–H groups in total. The third kappa shape index (κ3) is 3.83. The Hall–Kier alpha value is -3.35. The maximum Gasteiger partial charge on any atom is 0.316 e. The number of benzene rings is 2. The van der Waals surface area contributed by atoms with Crippen LogP contribution in [-0.2, 0) is 6.54 Å². The molecule has 0 spiro atoms. The van der Waals surface area contributed by atoms with E-state index in [0.717, 1.165) is 16.8 Å². The first-order chi connectivity index (χ1) is 12.6. The lowest BCUT2D eigenvalue weighted by Gasteiger charge is -2.11. The van der Waals surface area contributed by atoms with Gasteiger partial charge in [0.2, 0.25) is 5.82 Å². The predicted molar refractivity (Wildman–Crippen MR) is 98.2 cm³/mol. The van der Waals surface area contributed by atoms with Crippen LogP contribution in [-0.4, -0.2) is 37.3 Å². The van der Waals surface area contributed by atoms with E-state index in [0.29, 0.717) is 18.1 Å². The maximum absolute atomic E-state index is 12.3. The fourth-order valence-electron chi connectivity index (χ4n) is 2.44. The Labute approximate surface area is 151 Å². The number of anilines is 1. The highest BCUT2D eigenvalue weighted by atomic mass is 16.5. The molecule has 0 radical (unpaired) electrons. The molecule has 0 aliphatic rings. The second kappa shape index (κ2) is 7.69. The molecule has 134 valence electrons. The lowest BCUT2D eigenvalue weighted by molar-refractivity contribution is 0.0906. The molecule has 0 saturated heterocycles. The fraction of sp³-hybridized carbons (Fsp3) is 0.211. The topological polar surface area (TPSA) is 80.5 Å². The minimum absolute atomic E-state index is 0.0772. The summed E-state index contributed by atoms with van der Waals surface area (Å²) in [5, 5.41) is 6.64. The van der Waals surface area contributed by atoms with E-state index in [1.165, 1.54) is 0 Å². The number of amides is 1. The third-order valence-corrected chi connectivity index (χ3v) is 3.89. The quantitative estimate of drug-likeness (QED) is 0.735. The van der Waals surface area contributed by atoms with Crippen molar-refractivity contribution < 1.29 is 14.1 Å². The Kier molecular flexibility index (Phi) is 5.17. The van der Waals surface area contributed by atoms with Crippen LogP contribution in [0.15, 0.2) is 53.1 Å².